The van der Waals surface area contributed by atoms with Gasteiger partial charge in [0.1, 0.15) is 5.82 Å². The molecule has 2 atom stereocenters. The van der Waals surface area contributed by atoms with Crippen molar-refractivity contribution < 1.29 is 22.4 Å². The Morgan fingerprint density at radius 2 is 1.87 bits per heavy atom. The van der Waals surface area contributed by atoms with Crippen molar-refractivity contribution in [1.82, 2.24) is 14.4 Å². The van der Waals surface area contributed by atoms with Crippen molar-refractivity contribution in [3.63, 3.8) is 0 Å². The Kier molecular flexibility index (Phi) is 5.41. The molecule has 0 N–H and O–H groups in total. The first-order valence-corrected chi connectivity index (χ1v) is 10.1. The highest BCUT2D eigenvalue weighted by Crippen LogP contribution is 2.36. The number of halogens is 4. The fourth-order valence-corrected chi connectivity index (χ4v) is 4.68. The topological polar surface area (TPSA) is 45.6 Å². The minimum atomic E-state index is -4.74. The quantitative estimate of drug-likeness (QED) is 0.693. The number of carbonyl (C=O) groups excluding carboxylic acids is 1. The van der Waals surface area contributed by atoms with Gasteiger partial charge >= 0.3 is 6.18 Å². The van der Waals surface area contributed by atoms with Crippen LogP contribution in [0.2, 0.25) is 0 Å². The minimum absolute atomic E-state index is 0.0122. The molecule has 0 aliphatic carbocycles. The summed E-state index contributed by atoms with van der Waals surface area (Å²) in [4.78, 5) is 29.2. The zero-order valence-corrected chi connectivity index (χ0v) is 17.2. The lowest BCUT2D eigenvalue weighted by molar-refractivity contribution is -0.137. The van der Waals surface area contributed by atoms with Crippen molar-refractivity contribution in [3.8, 4) is 0 Å². The average molecular weight is 437 g/mol. The van der Waals surface area contributed by atoms with Gasteiger partial charge in [0, 0.05) is 48.9 Å². The van der Waals surface area contributed by atoms with E-state index >= 15 is 0 Å². The first-order valence-electron chi connectivity index (χ1n) is 10.1. The van der Waals surface area contributed by atoms with E-state index in [2.05, 4.69) is 0 Å². The van der Waals surface area contributed by atoms with Crippen LogP contribution in [0.5, 0.6) is 0 Å². The fraction of sp³-hybridized carbons (Fsp3) is 0.455. The zero-order chi connectivity index (χ0) is 22.5. The van der Waals surface area contributed by atoms with Gasteiger partial charge in [0.05, 0.1) is 5.56 Å². The van der Waals surface area contributed by atoms with Crippen LogP contribution in [0.15, 0.2) is 35.1 Å². The molecule has 3 heterocycles. The SMILES string of the molecule is CN(C)Cc1ccc2n(c1=O)C[C@H]1C[C@@H]2CN(C(=O)c2cc(F)cc(C(F)(F)F)c2)C1. The minimum Gasteiger partial charge on any atom is -0.338 e. The first kappa shape index (κ1) is 21.5. The van der Waals surface area contributed by atoms with Crippen LogP contribution in [0.25, 0.3) is 0 Å². The molecule has 31 heavy (non-hydrogen) atoms. The van der Waals surface area contributed by atoms with E-state index in [9.17, 15) is 27.2 Å². The fourth-order valence-electron chi connectivity index (χ4n) is 4.68. The second-order valence-corrected chi connectivity index (χ2v) is 8.67. The predicted octanol–water partition coefficient (Wildman–Crippen LogP) is 3.33. The Bertz CT molecular complexity index is 1080. The molecule has 0 radical (unpaired) electrons. The lowest BCUT2D eigenvalue weighted by Gasteiger charge is -2.43. The van der Waals surface area contributed by atoms with Gasteiger partial charge in [-0.15, -0.1) is 0 Å². The summed E-state index contributed by atoms with van der Waals surface area (Å²) < 4.78 is 54.6. The summed E-state index contributed by atoms with van der Waals surface area (Å²) in [5.74, 6) is -1.80. The normalized spacial score (nSPS) is 20.7. The van der Waals surface area contributed by atoms with Gasteiger partial charge in [0.25, 0.3) is 11.5 Å². The number of hydrogen-bond donors (Lipinski definition) is 0. The summed E-state index contributed by atoms with van der Waals surface area (Å²) in [5.41, 5.74) is -0.0115. The monoisotopic (exact) mass is 437 g/mol. The molecular formula is C22H23F4N3O2. The van der Waals surface area contributed by atoms with Gasteiger partial charge in [0.15, 0.2) is 0 Å². The molecule has 2 aromatic rings. The number of amides is 1. The van der Waals surface area contributed by atoms with Gasteiger partial charge in [-0.25, -0.2) is 4.39 Å². The Hall–Kier alpha value is -2.68. The third-order valence-corrected chi connectivity index (χ3v) is 5.93. The molecule has 9 heteroatoms. The van der Waals surface area contributed by atoms with Gasteiger partial charge < -0.3 is 14.4 Å². The molecule has 2 bridgehead atoms. The first-order chi connectivity index (χ1) is 14.5. The van der Waals surface area contributed by atoms with E-state index in [-0.39, 0.29) is 29.5 Å². The maximum Gasteiger partial charge on any atom is 0.416 e. The largest absolute Gasteiger partial charge is 0.416 e. The molecule has 166 valence electrons. The standard InChI is InChI=1S/C22H23F4N3O2/c1-27(2)11-14-3-4-19-16-5-13(10-29(19)21(14)31)9-28(12-16)20(30)15-6-17(22(24,25)26)8-18(23)7-15/h3-4,6-8,13,16H,5,9-12H2,1-2H3/t13-,16+/m0/s1. The number of rotatable bonds is 3. The summed E-state index contributed by atoms with van der Waals surface area (Å²) in [7, 11) is 3.77. The van der Waals surface area contributed by atoms with Crippen LogP contribution in [0.1, 0.15) is 39.5 Å². The Morgan fingerprint density at radius 3 is 2.55 bits per heavy atom. The number of alkyl halides is 3. The predicted molar refractivity (Wildman–Crippen MR) is 106 cm³/mol. The summed E-state index contributed by atoms with van der Waals surface area (Å²) in [6.45, 7) is 1.57. The lowest BCUT2D eigenvalue weighted by atomic mass is 9.82. The van der Waals surface area contributed by atoms with Crippen LogP contribution < -0.4 is 5.56 Å². The van der Waals surface area contributed by atoms with E-state index in [1.54, 1.807) is 10.6 Å². The number of likely N-dealkylation sites (tertiary alicyclic amines) is 1. The molecule has 0 saturated carbocycles. The Morgan fingerprint density at radius 1 is 1.13 bits per heavy atom. The van der Waals surface area contributed by atoms with Crippen LogP contribution >= 0.6 is 0 Å². The molecule has 1 amide bonds. The van der Waals surface area contributed by atoms with Gasteiger partial charge in [-0.05, 0) is 50.7 Å². The van der Waals surface area contributed by atoms with Crippen LogP contribution in [0.4, 0.5) is 17.6 Å². The molecule has 1 fully saturated rings. The average Bonchev–Trinajstić information content (AvgIpc) is 2.68. The van der Waals surface area contributed by atoms with Gasteiger partial charge in [-0.2, -0.15) is 13.2 Å². The number of nitrogens with zero attached hydrogens (tertiary/aromatic N) is 3. The highest BCUT2D eigenvalue weighted by molar-refractivity contribution is 5.94. The summed E-state index contributed by atoms with van der Waals surface area (Å²) in [6.07, 6.45) is -3.94. The smallest absolute Gasteiger partial charge is 0.338 e. The summed E-state index contributed by atoms with van der Waals surface area (Å²) in [6, 6.07) is 5.63. The lowest BCUT2D eigenvalue weighted by Crippen LogP contribution is -2.49. The van der Waals surface area contributed by atoms with Crippen LogP contribution in [0, 0.1) is 11.7 Å². The molecule has 1 aromatic carbocycles. The van der Waals surface area contributed by atoms with Crippen molar-refractivity contribution in [1.29, 1.82) is 0 Å². The molecule has 1 saturated heterocycles. The number of benzene rings is 1. The van der Waals surface area contributed by atoms with Crippen molar-refractivity contribution in [2.45, 2.75) is 31.6 Å². The van der Waals surface area contributed by atoms with Crippen molar-refractivity contribution in [2.24, 2.45) is 5.92 Å². The number of piperidine rings is 1. The van der Waals surface area contributed by atoms with E-state index < -0.39 is 23.5 Å². The molecule has 0 spiro atoms. The maximum absolute atomic E-state index is 13.8. The van der Waals surface area contributed by atoms with E-state index in [1.165, 1.54) is 4.90 Å². The third kappa shape index (κ3) is 4.23. The molecule has 5 nitrogen and oxygen atoms in total. The Balaban J connectivity index is 1.61. The second-order valence-electron chi connectivity index (χ2n) is 8.67. The van der Waals surface area contributed by atoms with Gasteiger partial charge in [-0.1, -0.05) is 6.07 Å². The molecule has 2 aliphatic heterocycles. The Labute approximate surface area is 176 Å². The van der Waals surface area contributed by atoms with Crippen LogP contribution in [-0.2, 0) is 19.3 Å². The van der Waals surface area contributed by atoms with Crippen molar-refractivity contribution in [2.75, 3.05) is 27.2 Å². The molecular weight excluding hydrogens is 414 g/mol. The van der Waals surface area contributed by atoms with Gasteiger partial charge in [0.2, 0.25) is 0 Å². The zero-order valence-electron chi connectivity index (χ0n) is 17.2. The molecule has 4 rings (SSSR count). The molecule has 2 aliphatic rings. The van der Waals surface area contributed by atoms with Crippen molar-refractivity contribution >= 4 is 5.91 Å². The van der Waals surface area contributed by atoms with E-state index in [4.69, 9.17) is 0 Å². The highest BCUT2D eigenvalue weighted by atomic mass is 19.4. The van der Waals surface area contributed by atoms with E-state index in [1.807, 2.05) is 25.1 Å². The number of aromatic nitrogens is 1. The highest BCUT2D eigenvalue weighted by Gasteiger charge is 2.38. The second kappa shape index (κ2) is 7.78. The maximum atomic E-state index is 13.8. The summed E-state index contributed by atoms with van der Waals surface area (Å²) >= 11 is 0. The number of pyridine rings is 1. The van der Waals surface area contributed by atoms with E-state index in [0.29, 0.717) is 37.3 Å². The summed E-state index contributed by atoms with van der Waals surface area (Å²) in [5, 5.41) is 0. The van der Waals surface area contributed by atoms with Crippen LogP contribution in [0.3, 0.4) is 0 Å². The number of fused-ring (bicyclic) bond motifs is 4. The van der Waals surface area contributed by atoms with Crippen molar-refractivity contribution in [3.05, 3.63) is 68.9 Å². The van der Waals surface area contributed by atoms with Crippen LogP contribution in [-0.4, -0.2) is 47.5 Å². The number of hydrogen-bond acceptors (Lipinski definition) is 3. The number of carbonyl (C=O) groups is 1. The third-order valence-electron chi connectivity index (χ3n) is 5.93. The molecule has 1 aromatic heterocycles. The van der Waals surface area contributed by atoms with Gasteiger partial charge in [-0.3, -0.25) is 9.59 Å². The molecule has 0 unspecified atom stereocenters. The van der Waals surface area contributed by atoms with E-state index in [0.717, 1.165) is 18.2 Å².